The predicted octanol–water partition coefficient (Wildman–Crippen LogP) is 2.30. The first-order chi connectivity index (χ1) is 10.5. The molecule has 0 unspecified atom stereocenters. The van der Waals surface area contributed by atoms with Crippen LogP contribution >= 0.6 is 0 Å². The monoisotopic (exact) mass is 309 g/mol. The van der Waals surface area contributed by atoms with Gasteiger partial charge in [0.25, 0.3) is 0 Å². The van der Waals surface area contributed by atoms with Gasteiger partial charge in [0.1, 0.15) is 0 Å². The molecular formula is C18H35N3O. The first kappa shape index (κ1) is 17.7. The molecule has 0 aliphatic carbocycles. The van der Waals surface area contributed by atoms with E-state index in [-0.39, 0.29) is 0 Å². The van der Waals surface area contributed by atoms with Crippen LogP contribution in [0.3, 0.4) is 0 Å². The highest BCUT2D eigenvalue weighted by Crippen LogP contribution is 2.23. The molecule has 22 heavy (non-hydrogen) atoms. The number of amides is 1. The minimum Gasteiger partial charge on any atom is -0.339 e. The summed E-state index contributed by atoms with van der Waals surface area (Å²) in [6.07, 6.45) is 3.89. The van der Waals surface area contributed by atoms with Crippen LogP contribution in [0.1, 0.15) is 47.0 Å². The SMILES string of the molecule is CC(C)CC1CCN(CC(=O)N2CCN(C(C)C)CC2)CC1. The zero-order valence-corrected chi connectivity index (χ0v) is 15.1. The van der Waals surface area contributed by atoms with Crippen molar-refractivity contribution in [2.75, 3.05) is 45.8 Å². The number of piperidine rings is 1. The smallest absolute Gasteiger partial charge is 0.236 e. The Labute approximate surface area is 136 Å². The zero-order chi connectivity index (χ0) is 16.1. The number of nitrogens with zero attached hydrogens (tertiary/aromatic N) is 3. The van der Waals surface area contributed by atoms with Crippen molar-refractivity contribution >= 4 is 5.91 Å². The Morgan fingerprint density at radius 1 is 0.955 bits per heavy atom. The highest BCUT2D eigenvalue weighted by Gasteiger charge is 2.26. The second-order valence-electron chi connectivity index (χ2n) is 7.86. The summed E-state index contributed by atoms with van der Waals surface area (Å²) >= 11 is 0. The summed E-state index contributed by atoms with van der Waals surface area (Å²) in [6, 6.07) is 0.595. The molecule has 0 spiro atoms. The highest BCUT2D eigenvalue weighted by atomic mass is 16.2. The van der Waals surface area contributed by atoms with E-state index in [0.717, 1.165) is 51.1 Å². The molecule has 2 fully saturated rings. The first-order valence-corrected chi connectivity index (χ1v) is 9.20. The molecule has 0 radical (unpaired) electrons. The average molecular weight is 309 g/mol. The maximum absolute atomic E-state index is 12.5. The van der Waals surface area contributed by atoms with E-state index in [1.165, 1.54) is 19.3 Å². The summed E-state index contributed by atoms with van der Waals surface area (Å²) in [7, 11) is 0. The second-order valence-corrected chi connectivity index (χ2v) is 7.86. The molecule has 2 rings (SSSR count). The molecule has 2 saturated heterocycles. The summed E-state index contributed by atoms with van der Waals surface area (Å²) in [5.41, 5.74) is 0. The number of rotatable bonds is 5. The van der Waals surface area contributed by atoms with E-state index in [2.05, 4.69) is 42.4 Å². The van der Waals surface area contributed by atoms with Crippen LogP contribution in [0.25, 0.3) is 0 Å². The lowest BCUT2D eigenvalue weighted by Crippen LogP contribution is -2.53. The number of hydrogen-bond donors (Lipinski definition) is 0. The Kier molecular flexibility index (Phi) is 6.69. The van der Waals surface area contributed by atoms with Gasteiger partial charge in [0.15, 0.2) is 0 Å². The fourth-order valence-corrected chi connectivity index (χ4v) is 3.83. The van der Waals surface area contributed by atoms with Gasteiger partial charge in [-0.15, -0.1) is 0 Å². The lowest BCUT2D eigenvalue weighted by Gasteiger charge is -2.38. The van der Waals surface area contributed by atoms with Crippen molar-refractivity contribution in [1.82, 2.24) is 14.7 Å². The lowest BCUT2D eigenvalue weighted by molar-refractivity contribution is -0.134. The Balaban J connectivity index is 1.68. The van der Waals surface area contributed by atoms with E-state index >= 15 is 0 Å². The minimum atomic E-state index is 0.339. The average Bonchev–Trinajstić information content (AvgIpc) is 2.49. The van der Waals surface area contributed by atoms with Gasteiger partial charge in [-0.05, 0) is 58.0 Å². The topological polar surface area (TPSA) is 26.8 Å². The van der Waals surface area contributed by atoms with Crippen molar-refractivity contribution in [3.8, 4) is 0 Å². The highest BCUT2D eigenvalue weighted by molar-refractivity contribution is 5.78. The van der Waals surface area contributed by atoms with Gasteiger partial charge in [-0.3, -0.25) is 14.6 Å². The van der Waals surface area contributed by atoms with E-state index in [9.17, 15) is 4.79 Å². The predicted molar refractivity (Wildman–Crippen MR) is 91.9 cm³/mol. The van der Waals surface area contributed by atoms with Gasteiger partial charge < -0.3 is 4.90 Å². The summed E-state index contributed by atoms with van der Waals surface area (Å²) in [5.74, 6) is 2.02. The van der Waals surface area contributed by atoms with Crippen LogP contribution in [0.2, 0.25) is 0 Å². The second kappa shape index (κ2) is 8.30. The maximum atomic E-state index is 12.5. The van der Waals surface area contributed by atoms with E-state index in [1.54, 1.807) is 0 Å². The Hall–Kier alpha value is -0.610. The van der Waals surface area contributed by atoms with Crippen molar-refractivity contribution in [2.45, 2.75) is 53.0 Å². The molecule has 0 saturated carbocycles. The molecule has 4 nitrogen and oxygen atoms in total. The Bertz CT molecular complexity index is 340. The van der Waals surface area contributed by atoms with Crippen molar-refractivity contribution in [3.63, 3.8) is 0 Å². The minimum absolute atomic E-state index is 0.339. The van der Waals surface area contributed by atoms with Gasteiger partial charge in [-0.1, -0.05) is 13.8 Å². The fraction of sp³-hybridized carbons (Fsp3) is 0.944. The van der Waals surface area contributed by atoms with Crippen molar-refractivity contribution in [3.05, 3.63) is 0 Å². The third-order valence-electron chi connectivity index (χ3n) is 5.27. The molecule has 0 aromatic heterocycles. The molecule has 0 N–H and O–H groups in total. The standard InChI is InChI=1S/C18H35N3O/c1-15(2)13-17-5-7-19(8-6-17)14-18(22)21-11-9-20(10-12-21)16(3)4/h15-17H,5-14H2,1-4H3. The Morgan fingerprint density at radius 2 is 1.55 bits per heavy atom. The number of hydrogen-bond acceptors (Lipinski definition) is 3. The van der Waals surface area contributed by atoms with Crippen molar-refractivity contribution in [2.24, 2.45) is 11.8 Å². The van der Waals surface area contributed by atoms with Crippen LogP contribution in [0.5, 0.6) is 0 Å². The summed E-state index contributed by atoms with van der Waals surface area (Å²) in [4.78, 5) is 19.4. The summed E-state index contributed by atoms with van der Waals surface area (Å²) in [5, 5.41) is 0. The number of carbonyl (C=O) groups excluding carboxylic acids is 1. The van der Waals surface area contributed by atoms with E-state index < -0.39 is 0 Å². The van der Waals surface area contributed by atoms with Crippen LogP contribution in [0, 0.1) is 11.8 Å². The molecule has 128 valence electrons. The van der Waals surface area contributed by atoms with Gasteiger partial charge in [-0.25, -0.2) is 0 Å². The molecule has 0 atom stereocenters. The van der Waals surface area contributed by atoms with Crippen molar-refractivity contribution < 1.29 is 4.79 Å². The van der Waals surface area contributed by atoms with Crippen LogP contribution in [-0.2, 0) is 4.79 Å². The van der Waals surface area contributed by atoms with Gasteiger partial charge in [0, 0.05) is 32.2 Å². The lowest BCUT2D eigenvalue weighted by atomic mass is 9.88. The van der Waals surface area contributed by atoms with Gasteiger partial charge in [-0.2, -0.15) is 0 Å². The van der Waals surface area contributed by atoms with E-state index in [4.69, 9.17) is 0 Å². The fourth-order valence-electron chi connectivity index (χ4n) is 3.83. The first-order valence-electron chi connectivity index (χ1n) is 9.20. The largest absolute Gasteiger partial charge is 0.339 e. The van der Waals surface area contributed by atoms with Crippen LogP contribution < -0.4 is 0 Å². The number of likely N-dealkylation sites (tertiary alicyclic amines) is 1. The van der Waals surface area contributed by atoms with E-state index in [0.29, 0.717) is 18.5 Å². The Morgan fingerprint density at radius 3 is 2.05 bits per heavy atom. The molecule has 2 heterocycles. The van der Waals surface area contributed by atoms with Crippen molar-refractivity contribution in [1.29, 1.82) is 0 Å². The third-order valence-corrected chi connectivity index (χ3v) is 5.27. The molecule has 2 aliphatic heterocycles. The molecule has 0 aromatic rings. The van der Waals surface area contributed by atoms with Crippen LogP contribution in [0.4, 0.5) is 0 Å². The molecule has 0 aromatic carbocycles. The van der Waals surface area contributed by atoms with Gasteiger partial charge >= 0.3 is 0 Å². The normalized spacial score (nSPS) is 22.7. The van der Waals surface area contributed by atoms with E-state index in [1.807, 2.05) is 0 Å². The van der Waals surface area contributed by atoms with Gasteiger partial charge in [0.2, 0.25) is 5.91 Å². The zero-order valence-electron chi connectivity index (χ0n) is 15.1. The summed E-state index contributed by atoms with van der Waals surface area (Å²) < 4.78 is 0. The van der Waals surface area contributed by atoms with Crippen LogP contribution in [-0.4, -0.2) is 72.5 Å². The third kappa shape index (κ3) is 5.24. The van der Waals surface area contributed by atoms with Gasteiger partial charge in [0.05, 0.1) is 6.54 Å². The molecule has 2 aliphatic rings. The molecule has 4 heteroatoms. The molecular weight excluding hydrogens is 274 g/mol. The molecule has 1 amide bonds. The number of piperazine rings is 1. The summed E-state index contributed by atoms with van der Waals surface area (Å²) in [6.45, 7) is 15.8. The quantitative estimate of drug-likeness (QED) is 0.780. The maximum Gasteiger partial charge on any atom is 0.236 e. The van der Waals surface area contributed by atoms with Crippen LogP contribution in [0.15, 0.2) is 0 Å². The number of carbonyl (C=O) groups is 1. The molecule has 0 bridgehead atoms.